The number of carbonyl (C=O) groups is 4. The third-order valence-corrected chi connectivity index (χ3v) is 7.76. The highest BCUT2D eigenvalue weighted by molar-refractivity contribution is 6.22. The number of esters is 1. The maximum absolute atomic E-state index is 13.2. The van der Waals surface area contributed by atoms with E-state index in [0.717, 1.165) is 6.42 Å². The van der Waals surface area contributed by atoms with E-state index in [2.05, 4.69) is 16.9 Å². The number of rotatable bonds is 6. The van der Waals surface area contributed by atoms with Crippen molar-refractivity contribution in [3.05, 3.63) is 71.8 Å². The van der Waals surface area contributed by atoms with Gasteiger partial charge in [0, 0.05) is 5.56 Å². The van der Waals surface area contributed by atoms with E-state index in [9.17, 15) is 19.2 Å². The Kier molecular flexibility index (Phi) is 4.69. The number of nitrogens with zero attached hydrogens (tertiary/aromatic N) is 1. The van der Waals surface area contributed by atoms with Crippen LogP contribution in [0.2, 0.25) is 0 Å². The van der Waals surface area contributed by atoms with E-state index >= 15 is 0 Å². The van der Waals surface area contributed by atoms with Crippen LogP contribution < -0.4 is 9.64 Å². The molecule has 1 aliphatic heterocycles. The molecule has 0 aromatic heterocycles. The number of anilines is 1. The third-order valence-electron chi connectivity index (χ3n) is 7.76. The number of imide groups is 1. The molecule has 0 N–H and O–H groups in total. The lowest BCUT2D eigenvalue weighted by Crippen LogP contribution is -2.40. The second kappa shape index (κ2) is 7.65. The molecule has 2 amide bonds. The molecular weight excluding hydrogens is 434 g/mol. The van der Waals surface area contributed by atoms with E-state index in [0.29, 0.717) is 34.4 Å². The number of ether oxygens (including phenoxy) is 2. The van der Waals surface area contributed by atoms with Crippen LogP contribution in [0.1, 0.15) is 27.1 Å². The lowest BCUT2D eigenvalue weighted by molar-refractivity contribution is -0.124. The van der Waals surface area contributed by atoms with Crippen LogP contribution in [0.25, 0.3) is 0 Å². The van der Waals surface area contributed by atoms with Crippen LogP contribution in [0.5, 0.6) is 5.75 Å². The van der Waals surface area contributed by atoms with Crippen LogP contribution in [0, 0.1) is 35.5 Å². The predicted octanol–water partition coefficient (Wildman–Crippen LogP) is 3.29. The summed E-state index contributed by atoms with van der Waals surface area (Å²) in [5.74, 6) is 0.613. The van der Waals surface area contributed by atoms with Gasteiger partial charge in [0.2, 0.25) is 11.8 Å². The Labute approximate surface area is 196 Å². The van der Waals surface area contributed by atoms with Gasteiger partial charge in [0.15, 0.2) is 12.4 Å². The summed E-state index contributed by atoms with van der Waals surface area (Å²) in [5, 5.41) is 0. The Morgan fingerprint density at radius 1 is 0.853 bits per heavy atom. The number of ketones is 1. The van der Waals surface area contributed by atoms with Crippen molar-refractivity contribution in [3.8, 4) is 5.75 Å². The van der Waals surface area contributed by atoms with Crippen LogP contribution >= 0.6 is 0 Å². The van der Waals surface area contributed by atoms with E-state index < -0.39 is 5.97 Å². The lowest BCUT2D eigenvalue weighted by atomic mass is 9.63. The SMILES string of the molecule is COC(=O)c1ccc(C(=O)COc2ccc(N3C(=O)[C@@H]4[C@H](C3=O)C3C=C[C@H]4C4C[C@@H]34)cc2)cc1. The van der Waals surface area contributed by atoms with Crippen LogP contribution in [-0.2, 0) is 14.3 Å². The van der Waals surface area contributed by atoms with Gasteiger partial charge in [-0.3, -0.25) is 19.3 Å². The van der Waals surface area contributed by atoms with Crippen molar-refractivity contribution >= 4 is 29.3 Å². The fourth-order valence-corrected chi connectivity index (χ4v) is 6.05. The number of hydrogen-bond acceptors (Lipinski definition) is 6. The Bertz CT molecular complexity index is 1190. The van der Waals surface area contributed by atoms with Crippen molar-refractivity contribution in [2.24, 2.45) is 35.5 Å². The summed E-state index contributed by atoms with van der Waals surface area (Å²) >= 11 is 0. The first-order chi connectivity index (χ1) is 16.5. The smallest absolute Gasteiger partial charge is 0.337 e. The number of benzene rings is 2. The second-order valence-electron chi connectivity index (χ2n) is 9.44. The molecule has 172 valence electrons. The maximum Gasteiger partial charge on any atom is 0.337 e. The molecule has 2 aromatic carbocycles. The molecule has 2 aromatic rings. The van der Waals surface area contributed by atoms with Gasteiger partial charge < -0.3 is 9.47 Å². The normalized spacial score (nSPS) is 30.1. The summed E-state index contributed by atoms with van der Waals surface area (Å²) in [5.41, 5.74) is 1.32. The molecule has 2 bridgehead atoms. The first kappa shape index (κ1) is 20.8. The monoisotopic (exact) mass is 457 g/mol. The fourth-order valence-electron chi connectivity index (χ4n) is 6.05. The zero-order valence-corrected chi connectivity index (χ0v) is 18.5. The number of amides is 2. The average Bonchev–Trinajstić information content (AvgIpc) is 3.65. The standard InChI is InChI=1S/C27H23NO6/c1-33-27(32)15-4-2-14(3-5-15)22(29)13-34-17-8-6-16(7-9-17)28-25(30)23-18-10-11-19(21-12-20(18)21)24(23)26(28)31/h2-11,18-21,23-24H,12-13H2,1H3/t18-,19?,20?,21-,23-,24+/m0/s1. The van der Waals surface area contributed by atoms with E-state index in [1.165, 1.54) is 24.1 Å². The quantitative estimate of drug-likeness (QED) is 0.286. The van der Waals surface area contributed by atoms with Gasteiger partial charge in [0.05, 0.1) is 30.2 Å². The number of methoxy groups -OCH3 is 1. The molecule has 4 aliphatic carbocycles. The van der Waals surface area contributed by atoms with Gasteiger partial charge in [-0.15, -0.1) is 0 Å². The summed E-state index contributed by atoms with van der Waals surface area (Å²) in [6, 6.07) is 12.9. The minimum absolute atomic E-state index is 0.0982. The second-order valence-corrected chi connectivity index (χ2v) is 9.44. The van der Waals surface area contributed by atoms with Gasteiger partial charge in [-0.1, -0.05) is 24.3 Å². The summed E-state index contributed by atoms with van der Waals surface area (Å²) < 4.78 is 10.3. The molecule has 6 atom stereocenters. The molecule has 34 heavy (non-hydrogen) atoms. The van der Waals surface area contributed by atoms with Gasteiger partial charge >= 0.3 is 5.97 Å². The summed E-state index contributed by atoms with van der Waals surface area (Å²) in [4.78, 5) is 51.7. The largest absolute Gasteiger partial charge is 0.485 e. The molecule has 0 spiro atoms. The van der Waals surface area contributed by atoms with Crippen molar-refractivity contribution in [1.82, 2.24) is 0 Å². The molecule has 7 nitrogen and oxygen atoms in total. The first-order valence-electron chi connectivity index (χ1n) is 11.5. The molecule has 2 saturated carbocycles. The van der Waals surface area contributed by atoms with Gasteiger partial charge in [-0.25, -0.2) is 4.79 Å². The fraction of sp³-hybridized carbons (Fsp3) is 0.333. The van der Waals surface area contributed by atoms with Crippen molar-refractivity contribution in [1.29, 1.82) is 0 Å². The van der Waals surface area contributed by atoms with Crippen LogP contribution in [0.4, 0.5) is 5.69 Å². The van der Waals surface area contributed by atoms with Gasteiger partial charge in [-0.2, -0.15) is 0 Å². The molecule has 0 radical (unpaired) electrons. The summed E-state index contributed by atoms with van der Waals surface area (Å²) in [7, 11) is 1.30. The van der Waals surface area contributed by atoms with Crippen molar-refractivity contribution < 1.29 is 28.7 Å². The summed E-state index contributed by atoms with van der Waals surface area (Å²) in [6.07, 6.45) is 5.45. The highest BCUT2D eigenvalue weighted by atomic mass is 16.5. The number of carbonyl (C=O) groups excluding carboxylic acids is 4. The Balaban J connectivity index is 1.11. The van der Waals surface area contributed by atoms with Gasteiger partial charge in [0.25, 0.3) is 0 Å². The molecule has 1 heterocycles. The molecule has 1 saturated heterocycles. The molecule has 7 heteroatoms. The van der Waals surface area contributed by atoms with E-state index in [4.69, 9.17) is 4.74 Å². The van der Waals surface area contributed by atoms with E-state index in [1.54, 1.807) is 36.4 Å². The topological polar surface area (TPSA) is 90.0 Å². The number of hydrogen-bond donors (Lipinski definition) is 0. The van der Waals surface area contributed by atoms with Crippen molar-refractivity contribution in [3.63, 3.8) is 0 Å². The van der Waals surface area contributed by atoms with Crippen LogP contribution in [0.3, 0.4) is 0 Å². The highest BCUT2D eigenvalue weighted by Gasteiger charge is 2.67. The average molecular weight is 457 g/mol. The predicted molar refractivity (Wildman–Crippen MR) is 121 cm³/mol. The van der Waals surface area contributed by atoms with Gasteiger partial charge in [-0.05, 0) is 66.5 Å². The lowest BCUT2D eigenvalue weighted by Gasteiger charge is -2.37. The maximum atomic E-state index is 13.2. The molecule has 2 unspecified atom stereocenters. The zero-order chi connectivity index (χ0) is 23.6. The Hall–Kier alpha value is -3.74. The summed E-state index contributed by atoms with van der Waals surface area (Å²) in [6.45, 7) is -0.180. The van der Waals surface area contributed by atoms with Crippen molar-refractivity contribution in [2.45, 2.75) is 6.42 Å². The molecular formula is C27H23NO6. The molecule has 5 aliphatic rings. The van der Waals surface area contributed by atoms with E-state index in [1.807, 2.05) is 0 Å². The van der Waals surface area contributed by atoms with Crippen LogP contribution in [0.15, 0.2) is 60.7 Å². The minimum Gasteiger partial charge on any atom is -0.485 e. The number of Topliss-reactive ketones (excluding diaryl/α,β-unsaturated/α-hetero) is 1. The Morgan fingerprint density at radius 3 is 1.97 bits per heavy atom. The van der Waals surface area contributed by atoms with Crippen molar-refractivity contribution in [2.75, 3.05) is 18.6 Å². The molecule has 3 fully saturated rings. The number of allylic oxidation sites excluding steroid dienone is 2. The Morgan fingerprint density at radius 2 is 1.41 bits per heavy atom. The van der Waals surface area contributed by atoms with E-state index in [-0.39, 0.29) is 47.9 Å². The third kappa shape index (κ3) is 3.10. The zero-order valence-electron chi connectivity index (χ0n) is 18.5. The van der Waals surface area contributed by atoms with Crippen LogP contribution in [-0.4, -0.2) is 37.3 Å². The van der Waals surface area contributed by atoms with Gasteiger partial charge in [0.1, 0.15) is 5.75 Å². The first-order valence-corrected chi connectivity index (χ1v) is 11.5. The molecule has 7 rings (SSSR count). The highest BCUT2D eigenvalue weighted by Crippen LogP contribution is 2.65. The minimum atomic E-state index is -0.467.